The van der Waals surface area contributed by atoms with Gasteiger partial charge in [-0.15, -0.1) is 0 Å². The zero-order valence-corrected chi connectivity index (χ0v) is 13.6. The number of amides is 1. The van der Waals surface area contributed by atoms with Crippen LogP contribution in [0.3, 0.4) is 0 Å². The zero-order chi connectivity index (χ0) is 18.4. The van der Waals surface area contributed by atoms with Crippen LogP contribution in [0.1, 0.15) is 23.0 Å². The molecular weight excluding hydrogens is 330 g/mol. The van der Waals surface area contributed by atoms with Gasteiger partial charge in [0.05, 0.1) is 6.54 Å². The van der Waals surface area contributed by atoms with Gasteiger partial charge in [0.25, 0.3) is 5.91 Å². The molecule has 0 aliphatic carbocycles. The lowest BCUT2D eigenvalue weighted by Gasteiger charge is -2.24. The Morgan fingerprint density at radius 3 is 2.88 bits per heavy atom. The molecule has 1 atom stereocenters. The topological polar surface area (TPSA) is 71.5 Å². The van der Waals surface area contributed by atoms with Crippen LogP contribution in [0, 0.1) is 11.6 Å². The number of halogens is 2. The second kappa shape index (κ2) is 7.85. The van der Waals surface area contributed by atoms with Crippen molar-refractivity contribution < 1.29 is 23.4 Å². The first-order chi connectivity index (χ1) is 11.8. The maximum Gasteiger partial charge on any atom is 0.273 e. The summed E-state index contributed by atoms with van der Waals surface area (Å²) in [5.74, 6) is -1.99. The molecule has 1 aromatic carbocycles. The van der Waals surface area contributed by atoms with E-state index in [2.05, 4.69) is 16.9 Å². The fourth-order valence-electron chi connectivity index (χ4n) is 2.18. The number of pyridine rings is 1. The van der Waals surface area contributed by atoms with E-state index >= 15 is 0 Å². The zero-order valence-electron chi connectivity index (χ0n) is 13.6. The van der Waals surface area contributed by atoms with Crippen molar-refractivity contribution in [1.82, 2.24) is 10.3 Å². The molecule has 0 aliphatic rings. The second-order valence-electron chi connectivity index (χ2n) is 5.53. The maximum absolute atomic E-state index is 13.8. The number of ether oxygens (including phenoxy) is 1. The highest BCUT2D eigenvalue weighted by Gasteiger charge is 2.28. The molecule has 0 fully saturated rings. The maximum atomic E-state index is 13.8. The molecule has 1 unspecified atom stereocenters. The summed E-state index contributed by atoms with van der Waals surface area (Å²) in [6, 6.07) is 6.03. The highest BCUT2D eigenvalue weighted by molar-refractivity contribution is 5.94. The lowest BCUT2D eigenvalue weighted by Crippen LogP contribution is -2.39. The van der Waals surface area contributed by atoms with Crippen LogP contribution in [0.5, 0.6) is 5.75 Å². The van der Waals surface area contributed by atoms with E-state index in [1.54, 1.807) is 12.1 Å². The number of nitrogens with zero attached hydrogens (tertiary/aromatic N) is 1. The van der Waals surface area contributed by atoms with Gasteiger partial charge in [-0.3, -0.25) is 4.79 Å². The Morgan fingerprint density at radius 1 is 1.44 bits per heavy atom. The number of rotatable bonds is 7. The molecule has 2 N–H and O–H groups in total. The molecule has 0 saturated heterocycles. The minimum Gasteiger partial charge on any atom is -0.487 e. The standard InChI is InChI=1S/C18H18F2N2O3/c1-3-9-25-15-5-4-8-21-16(15)17(23)22-11-18(2,24)13-7-6-12(19)10-14(13)20/h3-8,10,24H,1,9,11H2,2H3,(H,22,23). The normalized spacial score (nSPS) is 13.0. The van der Waals surface area contributed by atoms with Crippen molar-refractivity contribution >= 4 is 5.91 Å². The number of carbonyl (C=O) groups is 1. The highest BCUT2D eigenvalue weighted by atomic mass is 19.1. The van der Waals surface area contributed by atoms with Crippen LogP contribution in [0.15, 0.2) is 49.2 Å². The lowest BCUT2D eigenvalue weighted by molar-refractivity contribution is 0.0492. The molecular formula is C18H18F2N2O3. The number of benzene rings is 1. The number of hydrogen-bond acceptors (Lipinski definition) is 4. The summed E-state index contributed by atoms with van der Waals surface area (Å²) in [6.07, 6.45) is 2.95. The van der Waals surface area contributed by atoms with Gasteiger partial charge in [-0.05, 0) is 25.1 Å². The summed E-state index contributed by atoms with van der Waals surface area (Å²) >= 11 is 0. The Balaban J connectivity index is 2.12. The fourth-order valence-corrected chi connectivity index (χ4v) is 2.18. The van der Waals surface area contributed by atoms with E-state index in [0.29, 0.717) is 6.07 Å². The summed E-state index contributed by atoms with van der Waals surface area (Å²) in [5.41, 5.74) is -1.83. The molecule has 7 heteroatoms. The van der Waals surface area contributed by atoms with Crippen LogP contribution in [0.2, 0.25) is 0 Å². The predicted octanol–water partition coefficient (Wildman–Crippen LogP) is 2.56. The number of nitrogens with one attached hydrogen (secondary N) is 1. The fraction of sp³-hybridized carbons (Fsp3) is 0.222. The molecule has 5 nitrogen and oxygen atoms in total. The lowest BCUT2D eigenvalue weighted by atomic mass is 9.95. The second-order valence-corrected chi connectivity index (χ2v) is 5.53. The molecule has 1 heterocycles. The monoisotopic (exact) mass is 348 g/mol. The van der Waals surface area contributed by atoms with Gasteiger partial charge in [-0.2, -0.15) is 0 Å². The number of aliphatic hydroxyl groups is 1. The third-order valence-corrected chi connectivity index (χ3v) is 3.45. The van der Waals surface area contributed by atoms with Crippen LogP contribution in [0.4, 0.5) is 8.78 Å². The first kappa shape index (κ1) is 18.5. The van der Waals surface area contributed by atoms with Crippen LogP contribution in [-0.2, 0) is 5.60 Å². The van der Waals surface area contributed by atoms with Crippen molar-refractivity contribution in [3.05, 3.63) is 72.1 Å². The van der Waals surface area contributed by atoms with Gasteiger partial charge < -0.3 is 15.2 Å². The van der Waals surface area contributed by atoms with E-state index in [9.17, 15) is 18.7 Å². The van der Waals surface area contributed by atoms with Gasteiger partial charge in [0.15, 0.2) is 11.4 Å². The quantitative estimate of drug-likeness (QED) is 0.755. The average Bonchev–Trinajstić information content (AvgIpc) is 2.58. The van der Waals surface area contributed by atoms with Crippen molar-refractivity contribution in [1.29, 1.82) is 0 Å². The van der Waals surface area contributed by atoms with Gasteiger partial charge in [-0.1, -0.05) is 18.7 Å². The smallest absolute Gasteiger partial charge is 0.273 e. The van der Waals surface area contributed by atoms with E-state index in [-0.39, 0.29) is 30.2 Å². The van der Waals surface area contributed by atoms with Crippen molar-refractivity contribution in [2.75, 3.05) is 13.2 Å². The van der Waals surface area contributed by atoms with Gasteiger partial charge in [-0.25, -0.2) is 13.8 Å². The van der Waals surface area contributed by atoms with E-state index in [4.69, 9.17) is 4.74 Å². The van der Waals surface area contributed by atoms with Gasteiger partial charge in [0.2, 0.25) is 0 Å². The first-order valence-electron chi connectivity index (χ1n) is 7.50. The minimum absolute atomic E-state index is 0.0275. The van der Waals surface area contributed by atoms with E-state index < -0.39 is 23.1 Å². The van der Waals surface area contributed by atoms with E-state index in [1.165, 1.54) is 19.2 Å². The molecule has 2 rings (SSSR count). The number of hydrogen-bond donors (Lipinski definition) is 2. The third-order valence-electron chi connectivity index (χ3n) is 3.45. The molecule has 0 radical (unpaired) electrons. The highest BCUT2D eigenvalue weighted by Crippen LogP contribution is 2.24. The van der Waals surface area contributed by atoms with Crippen LogP contribution < -0.4 is 10.1 Å². The van der Waals surface area contributed by atoms with Crippen molar-refractivity contribution in [3.63, 3.8) is 0 Å². The van der Waals surface area contributed by atoms with E-state index in [1.807, 2.05) is 0 Å². The Labute approximate surface area is 144 Å². The molecule has 25 heavy (non-hydrogen) atoms. The molecule has 0 spiro atoms. The summed E-state index contributed by atoms with van der Waals surface area (Å²) in [6.45, 7) is 4.74. The van der Waals surface area contributed by atoms with Crippen LogP contribution >= 0.6 is 0 Å². The number of aromatic nitrogens is 1. The molecule has 0 saturated carbocycles. The Bertz CT molecular complexity index is 779. The summed E-state index contributed by atoms with van der Waals surface area (Å²) < 4.78 is 32.2. The molecule has 1 amide bonds. The molecule has 0 aliphatic heterocycles. The first-order valence-corrected chi connectivity index (χ1v) is 7.50. The summed E-state index contributed by atoms with van der Waals surface area (Å²) in [7, 11) is 0. The van der Waals surface area contributed by atoms with Gasteiger partial charge >= 0.3 is 0 Å². The van der Waals surface area contributed by atoms with E-state index in [0.717, 1.165) is 12.1 Å². The molecule has 132 valence electrons. The summed E-state index contributed by atoms with van der Waals surface area (Å²) in [5, 5.41) is 12.9. The Kier molecular flexibility index (Phi) is 5.82. The average molecular weight is 348 g/mol. The van der Waals surface area contributed by atoms with Crippen molar-refractivity contribution in [2.45, 2.75) is 12.5 Å². The van der Waals surface area contributed by atoms with Crippen LogP contribution in [-0.4, -0.2) is 29.1 Å². The van der Waals surface area contributed by atoms with Crippen molar-refractivity contribution in [2.24, 2.45) is 0 Å². The minimum atomic E-state index is -1.73. The Morgan fingerprint density at radius 2 is 2.20 bits per heavy atom. The SMILES string of the molecule is C=CCOc1cccnc1C(=O)NCC(C)(O)c1ccc(F)cc1F. The summed E-state index contributed by atoms with van der Waals surface area (Å²) in [4.78, 5) is 16.3. The molecule has 2 aromatic rings. The molecule has 1 aromatic heterocycles. The van der Waals surface area contributed by atoms with Crippen LogP contribution in [0.25, 0.3) is 0 Å². The largest absolute Gasteiger partial charge is 0.487 e. The van der Waals surface area contributed by atoms with Crippen molar-refractivity contribution in [3.8, 4) is 5.75 Å². The Hall–Kier alpha value is -2.80. The van der Waals surface area contributed by atoms with Gasteiger partial charge in [0.1, 0.15) is 23.8 Å². The number of carbonyl (C=O) groups excluding carboxylic acids is 1. The molecule has 0 bridgehead atoms. The third kappa shape index (κ3) is 4.60. The predicted molar refractivity (Wildman–Crippen MR) is 88.2 cm³/mol. The van der Waals surface area contributed by atoms with Gasteiger partial charge in [0, 0.05) is 17.8 Å².